The summed E-state index contributed by atoms with van der Waals surface area (Å²) in [5.41, 5.74) is 2.23. The Balaban J connectivity index is 2.42. The molecule has 0 aliphatic heterocycles. The number of aryl methyl sites for hydroxylation is 1. The Hall–Kier alpha value is -2.62. The maximum atomic E-state index is 12.9. The van der Waals surface area contributed by atoms with Crippen LogP contribution in [0.4, 0.5) is 4.39 Å². The molecule has 0 unspecified atom stereocenters. The van der Waals surface area contributed by atoms with E-state index in [0.717, 1.165) is 11.3 Å². The first kappa shape index (κ1) is 15.8. The van der Waals surface area contributed by atoms with Crippen LogP contribution >= 0.6 is 0 Å². The highest BCUT2D eigenvalue weighted by molar-refractivity contribution is 6.20. The quantitative estimate of drug-likeness (QED) is 0.666. The van der Waals surface area contributed by atoms with Crippen LogP contribution in [0.3, 0.4) is 0 Å². The van der Waals surface area contributed by atoms with Crippen molar-refractivity contribution < 1.29 is 19.0 Å². The molecule has 0 saturated heterocycles. The smallest absolute Gasteiger partial charge is 0.336 e. The van der Waals surface area contributed by atoms with Crippen molar-refractivity contribution in [1.82, 2.24) is 0 Å². The van der Waals surface area contributed by atoms with E-state index in [0.29, 0.717) is 17.7 Å². The largest absolute Gasteiger partial charge is 0.494 e. The summed E-state index contributed by atoms with van der Waals surface area (Å²) in [5, 5.41) is 9.43. The van der Waals surface area contributed by atoms with Crippen LogP contribution in [0.5, 0.6) is 5.75 Å². The second-order valence-electron chi connectivity index (χ2n) is 4.83. The number of halogens is 1. The minimum absolute atomic E-state index is 0.151. The van der Waals surface area contributed by atoms with E-state index in [-0.39, 0.29) is 11.4 Å². The Kier molecular flexibility index (Phi) is 4.94. The van der Waals surface area contributed by atoms with Crippen LogP contribution < -0.4 is 4.74 Å². The minimum atomic E-state index is -1.03. The van der Waals surface area contributed by atoms with Gasteiger partial charge in [-0.2, -0.15) is 0 Å². The predicted molar refractivity (Wildman–Crippen MR) is 84.3 cm³/mol. The first-order valence-electron chi connectivity index (χ1n) is 6.95. The highest BCUT2D eigenvalue weighted by Gasteiger charge is 2.12. The van der Waals surface area contributed by atoms with E-state index in [4.69, 9.17) is 4.74 Å². The van der Waals surface area contributed by atoms with E-state index in [1.165, 1.54) is 18.2 Å². The van der Waals surface area contributed by atoms with Crippen molar-refractivity contribution in [3.63, 3.8) is 0 Å². The molecule has 0 spiro atoms. The summed E-state index contributed by atoms with van der Waals surface area (Å²) in [5.74, 6) is -0.656. The van der Waals surface area contributed by atoms with Crippen LogP contribution in [0.2, 0.25) is 0 Å². The summed E-state index contributed by atoms with van der Waals surface area (Å²) < 4.78 is 18.4. The molecule has 0 radical (unpaired) electrons. The van der Waals surface area contributed by atoms with Crippen molar-refractivity contribution in [2.24, 2.45) is 0 Å². The Morgan fingerprint density at radius 1 is 1.23 bits per heavy atom. The topological polar surface area (TPSA) is 46.5 Å². The molecule has 114 valence electrons. The van der Waals surface area contributed by atoms with Gasteiger partial charge in [-0.3, -0.25) is 0 Å². The van der Waals surface area contributed by atoms with Crippen molar-refractivity contribution in [3.05, 3.63) is 65.0 Å². The lowest BCUT2D eigenvalue weighted by Crippen LogP contribution is -2.01. The molecule has 0 aromatic heterocycles. The molecule has 0 heterocycles. The van der Waals surface area contributed by atoms with Gasteiger partial charge in [0, 0.05) is 0 Å². The van der Waals surface area contributed by atoms with Crippen LogP contribution in [-0.2, 0) is 4.79 Å². The number of aliphatic carboxylic acids is 1. The third-order valence-corrected chi connectivity index (χ3v) is 3.20. The van der Waals surface area contributed by atoms with Crippen molar-refractivity contribution >= 4 is 17.6 Å². The molecule has 0 atom stereocenters. The fraction of sp³-hybridized carbons (Fsp3) is 0.167. The molecule has 0 aliphatic carbocycles. The Bertz CT molecular complexity index is 703. The van der Waals surface area contributed by atoms with Crippen LogP contribution in [0.1, 0.15) is 23.6 Å². The van der Waals surface area contributed by atoms with Gasteiger partial charge in [-0.1, -0.05) is 18.2 Å². The maximum absolute atomic E-state index is 12.9. The van der Waals surface area contributed by atoms with Crippen LogP contribution in [0.25, 0.3) is 11.6 Å². The lowest BCUT2D eigenvalue weighted by Gasteiger charge is -2.10. The molecular weight excluding hydrogens is 283 g/mol. The van der Waals surface area contributed by atoms with E-state index >= 15 is 0 Å². The van der Waals surface area contributed by atoms with Gasteiger partial charge in [-0.25, -0.2) is 9.18 Å². The molecule has 3 nitrogen and oxygen atoms in total. The molecule has 2 rings (SSSR count). The second kappa shape index (κ2) is 6.89. The molecule has 0 aliphatic rings. The van der Waals surface area contributed by atoms with Crippen LogP contribution in [-0.4, -0.2) is 17.7 Å². The Morgan fingerprint density at radius 3 is 2.45 bits per heavy atom. The van der Waals surface area contributed by atoms with Crippen molar-refractivity contribution in [1.29, 1.82) is 0 Å². The van der Waals surface area contributed by atoms with E-state index < -0.39 is 5.97 Å². The number of benzene rings is 2. The van der Waals surface area contributed by atoms with Crippen molar-refractivity contribution in [3.8, 4) is 5.75 Å². The molecule has 4 heteroatoms. The monoisotopic (exact) mass is 300 g/mol. The first-order chi connectivity index (χ1) is 10.5. The van der Waals surface area contributed by atoms with E-state index in [2.05, 4.69) is 0 Å². The zero-order chi connectivity index (χ0) is 16.1. The molecule has 0 bridgehead atoms. The number of hydrogen-bond acceptors (Lipinski definition) is 2. The van der Waals surface area contributed by atoms with Crippen molar-refractivity contribution in [2.75, 3.05) is 6.61 Å². The normalized spacial score (nSPS) is 11.3. The number of hydrogen-bond donors (Lipinski definition) is 1. The van der Waals surface area contributed by atoms with Gasteiger partial charge < -0.3 is 9.84 Å². The minimum Gasteiger partial charge on any atom is -0.494 e. The van der Waals surface area contributed by atoms with Crippen LogP contribution in [0, 0.1) is 12.7 Å². The van der Waals surface area contributed by atoms with Gasteiger partial charge in [-0.15, -0.1) is 0 Å². The number of carboxylic acid groups (broad SMARTS) is 1. The first-order valence-corrected chi connectivity index (χ1v) is 6.95. The van der Waals surface area contributed by atoms with Crippen LogP contribution in [0.15, 0.2) is 42.5 Å². The van der Waals surface area contributed by atoms with Gasteiger partial charge in [0.1, 0.15) is 11.6 Å². The summed E-state index contributed by atoms with van der Waals surface area (Å²) in [7, 11) is 0. The molecule has 22 heavy (non-hydrogen) atoms. The zero-order valence-corrected chi connectivity index (χ0v) is 12.5. The molecule has 1 N–H and O–H groups in total. The van der Waals surface area contributed by atoms with Gasteiger partial charge in [0.2, 0.25) is 0 Å². The van der Waals surface area contributed by atoms with Gasteiger partial charge in [0.05, 0.1) is 12.2 Å². The molecular formula is C18H17FO3. The fourth-order valence-corrected chi connectivity index (χ4v) is 2.13. The van der Waals surface area contributed by atoms with E-state index in [9.17, 15) is 14.3 Å². The fourth-order valence-electron chi connectivity index (χ4n) is 2.13. The highest BCUT2D eigenvalue weighted by Crippen LogP contribution is 2.25. The molecule has 0 fully saturated rings. The molecule has 0 amide bonds. The average molecular weight is 300 g/mol. The molecule has 2 aromatic carbocycles. The standard InChI is InChI=1S/C18H17FO3/c1-3-22-17-9-6-14(10-12(17)2)16(18(20)21)11-13-4-7-15(19)8-5-13/h4-11H,3H2,1-2H3,(H,20,21)/b16-11-. The third kappa shape index (κ3) is 3.73. The van der Waals surface area contributed by atoms with Crippen molar-refractivity contribution in [2.45, 2.75) is 13.8 Å². The van der Waals surface area contributed by atoms with Gasteiger partial charge in [-0.05, 0) is 60.9 Å². The highest BCUT2D eigenvalue weighted by atomic mass is 19.1. The van der Waals surface area contributed by atoms with Gasteiger partial charge in [0.15, 0.2) is 0 Å². The van der Waals surface area contributed by atoms with Gasteiger partial charge >= 0.3 is 5.97 Å². The molecule has 0 saturated carbocycles. The van der Waals surface area contributed by atoms with E-state index in [1.54, 1.807) is 30.3 Å². The average Bonchev–Trinajstić information content (AvgIpc) is 2.48. The lowest BCUT2D eigenvalue weighted by molar-refractivity contribution is -0.130. The second-order valence-corrected chi connectivity index (χ2v) is 4.83. The SMILES string of the molecule is CCOc1ccc(/C(=C/c2ccc(F)cc2)C(=O)O)cc1C. The summed E-state index contributed by atoms with van der Waals surface area (Å²) in [6.07, 6.45) is 1.52. The number of carbonyl (C=O) groups is 1. The van der Waals surface area contributed by atoms with Gasteiger partial charge in [0.25, 0.3) is 0 Å². The third-order valence-electron chi connectivity index (χ3n) is 3.20. The predicted octanol–water partition coefficient (Wildman–Crippen LogP) is 4.16. The summed E-state index contributed by atoms with van der Waals surface area (Å²) in [6, 6.07) is 10.9. The summed E-state index contributed by atoms with van der Waals surface area (Å²) in [6.45, 7) is 4.31. The van der Waals surface area contributed by atoms with E-state index in [1.807, 2.05) is 13.8 Å². The lowest BCUT2D eigenvalue weighted by atomic mass is 10.0. The maximum Gasteiger partial charge on any atom is 0.336 e. The number of carboxylic acids is 1. The number of ether oxygens (including phenoxy) is 1. The summed E-state index contributed by atoms with van der Waals surface area (Å²) >= 11 is 0. The summed E-state index contributed by atoms with van der Waals surface area (Å²) in [4.78, 5) is 11.5. The Labute approximate surface area is 128 Å². The Morgan fingerprint density at radius 2 is 1.91 bits per heavy atom. The zero-order valence-electron chi connectivity index (χ0n) is 12.5. The molecule has 2 aromatic rings. The number of rotatable bonds is 5.